The lowest BCUT2D eigenvalue weighted by molar-refractivity contribution is 0.334. The normalized spacial score (nSPS) is 14.7. The number of pyridine rings is 1. The maximum absolute atomic E-state index is 13.9. The lowest BCUT2D eigenvalue weighted by Gasteiger charge is -2.14. The molecule has 0 radical (unpaired) electrons. The number of likely N-dealkylation sites (tertiary alicyclic amines) is 1. The summed E-state index contributed by atoms with van der Waals surface area (Å²) >= 11 is 0. The molecule has 0 spiro atoms. The van der Waals surface area contributed by atoms with Crippen LogP contribution in [0.2, 0.25) is 0 Å². The van der Waals surface area contributed by atoms with E-state index in [1.54, 1.807) is 18.5 Å². The van der Waals surface area contributed by atoms with Gasteiger partial charge in [0, 0.05) is 28.4 Å². The highest BCUT2D eigenvalue weighted by atomic mass is 19.1. The van der Waals surface area contributed by atoms with Gasteiger partial charge in [-0.2, -0.15) is 0 Å². The molecule has 1 fully saturated rings. The van der Waals surface area contributed by atoms with Crippen molar-refractivity contribution >= 4 is 27.9 Å². The number of anilines is 1. The molecule has 0 unspecified atom stereocenters. The molecule has 3 heterocycles. The topological polar surface area (TPSA) is 81.8 Å². The van der Waals surface area contributed by atoms with Crippen molar-refractivity contribution in [1.82, 2.24) is 14.9 Å². The maximum atomic E-state index is 13.9. The average molecular weight is 534 g/mol. The SMILES string of the molecule is C=C/C(=C\C(=C/C)c1ccc(N)c(C(=N)c2cc3c(-c4cccc(F)c4)cncc3[nH]2)c1)CCCN1CCCC1. The summed E-state index contributed by atoms with van der Waals surface area (Å²) in [5.41, 5.74) is 14.1. The number of rotatable bonds is 10. The van der Waals surface area contributed by atoms with Crippen LogP contribution in [0.1, 0.15) is 49.4 Å². The number of nitrogens with one attached hydrogen (secondary N) is 2. The number of halogens is 1. The molecule has 0 amide bonds. The van der Waals surface area contributed by atoms with Crippen molar-refractivity contribution in [2.45, 2.75) is 32.6 Å². The summed E-state index contributed by atoms with van der Waals surface area (Å²) in [6.45, 7) is 9.63. The van der Waals surface area contributed by atoms with E-state index in [9.17, 15) is 4.39 Å². The van der Waals surface area contributed by atoms with Crippen molar-refractivity contribution in [3.05, 3.63) is 114 Å². The van der Waals surface area contributed by atoms with Crippen molar-refractivity contribution < 1.29 is 4.39 Å². The summed E-state index contributed by atoms with van der Waals surface area (Å²) in [5.74, 6) is -0.303. The molecule has 5 rings (SSSR count). The van der Waals surface area contributed by atoms with Gasteiger partial charge in [-0.05, 0) is 105 Å². The molecule has 1 saturated heterocycles. The Bertz CT molecular complexity index is 1600. The Labute approximate surface area is 235 Å². The number of benzene rings is 2. The number of allylic oxidation sites excluding steroid dienone is 5. The minimum atomic E-state index is -0.303. The van der Waals surface area contributed by atoms with E-state index in [2.05, 4.69) is 33.6 Å². The molecule has 4 N–H and O–H groups in total. The fraction of sp³-hybridized carbons (Fsp3) is 0.235. The summed E-state index contributed by atoms with van der Waals surface area (Å²) in [7, 11) is 0. The summed E-state index contributed by atoms with van der Waals surface area (Å²) in [5, 5.41) is 9.92. The van der Waals surface area contributed by atoms with E-state index in [0.29, 0.717) is 16.9 Å². The third-order valence-electron chi connectivity index (χ3n) is 7.66. The van der Waals surface area contributed by atoms with Crippen molar-refractivity contribution in [3.8, 4) is 11.1 Å². The van der Waals surface area contributed by atoms with Gasteiger partial charge in [-0.1, -0.05) is 43.0 Å². The molecule has 0 atom stereocenters. The standard InChI is InChI=1S/C34H36FN5/c1-3-23(9-8-16-40-14-5-6-15-40)17-24(4-2)25-12-13-31(36)29(19-25)34(37)32-20-28-30(21-38-22-33(28)39-32)26-10-7-11-27(35)18-26/h3-4,7,10-13,17-22,37,39H,1,5-6,8-9,14-16,36H2,2H3/b23-17+,24-4+,37-34?. The van der Waals surface area contributed by atoms with Crippen molar-refractivity contribution in [2.75, 3.05) is 25.4 Å². The molecule has 2 aromatic carbocycles. The van der Waals surface area contributed by atoms with Crippen LogP contribution >= 0.6 is 0 Å². The molecule has 2 aromatic heterocycles. The largest absolute Gasteiger partial charge is 0.398 e. The van der Waals surface area contributed by atoms with Crippen molar-refractivity contribution in [2.24, 2.45) is 0 Å². The first-order valence-electron chi connectivity index (χ1n) is 13.9. The summed E-state index contributed by atoms with van der Waals surface area (Å²) in [6.07, 6.45) is 14.4. The summed E-state index contributed by atoms with van der Waals surface area (Å²) < 4.78 is 13.9. The van der Waals surface area contributed by atoms with Gasteiger partial charge in [0.05, 0.1) is 23.1 Å². The second-order valence-electron chi connectivity index (χ2n) is 10.3. The molecule has 0 aliphatic carbocycles. The zero-order valence-corrected chi connectivity index (χ0v) is 23.0. The van der Waals surface area contributed by atoms with Gasteiger partial charge in [0.25, 0.3) is 0 Å². The molecule has 5 nitrogen and oxygen atoms in total. The molecule has 6 heteroatoms. The van der Waals surface area contributed by atoms with Gasteiger partial charge in [0.2, 0.25) is 0 Å². The first kappa shape index (κ1) is 27.3. The number of aromatic amines is 1. The number of H-pyrrole nitrogens is 1. The second kappa shape index (κ2) is 12.3. The lowest BCUT2D eigenvalue weighted by atomic mass is 9.95. The molecule has 1 aliphatic heterocycles. The highest BCUT2D eigenvalue weighted by Crippen LogP contribution is 2.31. The maximum Gasteiger partial charge on any atom is 0.123 e. The predicted molar refractivity (Wildman–Crippen MR) is 165 cm³/mol. The van der Waals surface area contributed by atoms with E-state index < -0.39 is 0 Å². The van der Waals surface area contributed by atoms with Crippen LogP contribution in [-0.2, 0) is 0 Å². The zero-order chi connectivity index (χ0) is 28.1. The van der Waals surface area contributed by atoms with Crippen molar-refractivity contribution in [3.63, 3.8) is 0 Å². The molecule has 40 heavy (non-hydrogen) atoms. The quantitative estimate of drug-likeness (QED) is 0.111. The van der Waals surface area contributed by atoms with E-state index in [0.717, 1.165) is 52.6 Å². The third-order valence-corrected chi connectivity index (χ3v) is 7.66. The molecule has 4 aromatic rings. The van der Waals surface area contributed by atoms with E-state index >= 15 is 0 Å². The monoisotopic (exact) mass is 533 g/mol. The Morgan fingerprint density at radius 3 is 2.73 bits per heavy atom. The average Bonchev–Trinajstić information content (AvgIpc) is 3.65. The summed E-state index contributed by atoms with van der Waals surface area (Å²) in [6, 6.07) is 14.2. The Kier molecular flexibility index (Phi) is 8.37. The number of fused-ring (bicyclic) bond motifs is 1. The molecule has 204 valence electrons. The number of hydrogen-bond donors (Lipinski definition) is 3. The molecule has 1 aliphatic rings. The molecule has 0 bridgehead atoms. The number of nitrogens with two attached hydrogens (primary N) is 1. The Morgan fingerprint density at radius 2 is 1.98 bits per heavy atom. The first-order chi connectivity index (χ1) is 19.5. The van der Waals surface area contributed by atoms with Gasteiger partial charge in [-0.25, -0.2) is 4.39 Å². The highest BCUT2D eigenvalue weighted by Gasteiger charge is 2.16. The highest BCUT2D eigenvalue weighted by molar-refractivity contribution is 6.15. The van der Waals surface area contributed by atoms with Gasteiger partial charge in [0.1, 0.15) is 5.82 Å². The van der Waals surface area contributed by atoms with Gasteiger partial charge >= 0.3 is 0 Å². The van der Waals surface area contributed by atoms with Crippen LogP contribution in [0.25, 0.3) is 27.6 Å². The number of aromatic nitrogens is 2. The van der Waals surface area contributed by atoms with Crippen LogP contribution < -0.4 is 5.73 Å². The Balaban J connectivity index is 1.41. The minimum absolute atomic E-state index is 0.287. The fourth-order valence-electron chi connectivity index (χ4n) is 5.45. The van der Waals surface area contributed by atoms with Crippen LogP contribution in [0.5, 0.6) is 0 Å². The number of hydrogen-bond acceptors (Lipinski definition) is 4. The van der Waals surface area contributed by atoms with Gasteiger partial charge in [-0.3, -0.25) is 10.4 Å². The van der Waals surface area contributed by atoms with Gasteiger partial charge in [-0.15, -0.1) is 0 Å². The van der Waals surface area contributed by atoms with Crippen LogP contribution in [0.4, 0.5) is 10.1 Å². The predicted octanol–water partition coefficient (Wildman–Crippen LogP) is 7.76. The fourth-order valence-corrected chi connectivity index (χ4v) is 5.45. The number of nitrogens with zero attached hydrogens (tertiary/aromatic N) is 2. The van der Waals surface area contributed by atoms with Crippen LogP contribution in [0, 0.1) is 11.2 Å². The Morgan fingerprint density at radius 1 is 1.15 bits per heavy atom. The van der Waals surface area contributed by atoms with E-state index in [1.165, 1.54) is 43.6 Å². The molecule has 0 saturated carbocycles. The van der Waals surface area contributed by atoms with Crippen LogP contribution in [0.15, 0.2) is 91.3 Å². The summed E-state index contributed by atoms with van der Waals surface area (Å²) in [4.78, 5) is 10.2. The van der Waals surface area contributed by atoms with Crippen molar-refractivity contribution in [1.29, 1.82) is 5.41 Å². The zero-order valence-electron chi connectivity index (χ0n) is 23.0. The van der Waals surface area contributed by atoms with Gasteiger partial charge < -0.3 is 15.6 Å². The van der Waals surface area contributed by atoms with Crippen LogP contribution in [-0.4, -0.2) is 40.2 Å². The third kappa shape index (κ3) is 5.97. The first-order valence-corrected chi connectivity index (χ1v) is 13.9. The second-order valence-corrected chi connectivity index (χ2v) is 10.3. The Hall–Kier alpha value is -4.29. The number of nitrogen functional groups attached to an aromatic ring is 1. The smallest absolute Gasteiger partial charge is 0.123 e. The lowest BCUT2D eigenvalue weighted by Crippen LogP contribution is -2.20. The minimum Gasteiger partial charge on any atom is -0.398 e. The van der Waals surface area contributed by atoms with E-state index in [4.69, 9.17) is 11.1 Å². The van der Waals surface area contributed by atoms with Crippen LogP contribution in [0.3, 0.4) is 0 Å². The van der Waals surface area contributed by atoms with E-state index in [-0.39, 0.29) is 11.5 Å². The van der Waals surface area contributed by atoms with Gasteiger partial charge in [0.15, 0.2) is 0 Å². The van der Waals surface area contributed by atoms with E-state index in [1.807, 2.05) is 43.3 Å². The molecular weight excluding hydrogens is 497 g/mol. The molecular formula is C34H36FN5.